The highest BCUT2D eigenvalue weighted by atomic mass is 19.1. The van der Waals surface area contributed by atoms with Gasteiger partial charge in [0.05, 0.1) is 12.6 Å². The molecule has 2 amide bonds. The van der Waals surface area contributed by atoms with Crippen molar-refractivity contribution in [1.82, 2.24) is 9.80 Å². The number of hydrogen-bond acceptors (Lipinski definition) is 3. The lowest BCUT2D eigenvalue weighted by atomic mass is 9.91. The molecule has 2 aliphatic rings. The van der Waals surface area contributed by atoms with Crippen LogP contribution in [-0.2, 0) is 20.7 Å². The first-order valence-electron chi connectivity index (χ1n) is 8.41. The number of aryl methyl sites for hydroxylation is 1. The van der Waals surface area contributed by atoms with Crippen LogP contribution >= 0.6 is 0 Å². The Morgan fingerprint density at radius 3 is 2.96 bits per heavy atom. The molecule has 0 bridgehead atoms. The molecule has 0 unspecified atom stereocenters. The van der Waals surface area contributed by atoms with Crippen molar-refractivity contribution >= 4 is 11.8 Å². The predicted molar refractivity (Wildman–Crippen MR) is 86.8 cm³/mol. The second-order valence-corrected chi connectivity index (χ2v) is 6.57. The number of piperidine rings is 1. The number of carbonyl (C=O) groups excluding carboxylic acids is 2. The van der Waals surface area contributed by atoms with Crippen LogP contribution in [0.3, 0.4) is 0 Å². The van der Waals surface area contributed by atoms with Crippen LogP contribution in [0.4, 0.5) is 4.39 Å². The molecule has 3 rings (SSSR count). The van der Waals surface area contributed by atoms with Crippen LogP contribution in [0.25, 0.3) is 0 Å². The van der Waals surface area contributed by atoms with Crippen molar-refractivity contribution in [3.05, 3.63) is 35.6 Å². The van der Waals surface area contributed by atoms with E-state index in [1.807, 2.05) is 0 Å². The van der Waals surface area contributed by atoms with Crippen molar-refractivity contribution in [3.8, 4) is 0 Å². The number of amides is 2. The number of likely N-dealkylation sites (tertiary alicyclic amines) is 1. The van der Waals surface area contributed by atoms with Crippen LogP contribution in [0.5, 0.6) is 0 Å². The van der Waals surface area contributed by atoms with Gasteiger partial charge >= 0.3 is 0 Å². The standard InChI is InChI=1S/C18H23FN2O3/c1-20-16-10-21(9-8-14(16)11-24-12-18(20)23)17(22)7-6-13-4-2-3-5-15(13)19/h2-5,14,16H,6-12H2,1H3/t14-,16-/m0/s1. The van der Waals surface area contributed by atoms with Gasteiger partial charge in [0.25, 0.3) is 0 Å². The molecule has 130 valence electrons. The highest BCUT2D eigenvalue weighted by Crippen LogP contribution is 2.25. The fourth-order valence-electron chi connectivity index (χ4n) is 3.53. The van der Waals surface area contributed by atoms with E-state index in [1.165, 1.54) is 6.07 Å². The number of benzene rings is 1. The Balaban J connectivity index is 1.60. The van der Waals surface area contributed by atoms with E-state index in [0.717, 1.165) is 6.42 Å². The first-order chi connectivity index (χ1) is 11.6. The maximum Gasteiger partial charge on any atom is 0.248 e. The molecule has 2 aliphatic heterocycles. The lowest BCUT2D eigenvalue weighted by molar-refractivity contribution is -0.139. The monoisotopic (exact) mass is 334 g/mol. The summed E-state index contributed by atoms with van der Waals surface area (Å²) in [6, 6.07) is 6.56. The van der Waals surface area contributed by atoms with Crippen LogP contribution < -0.4 is 0 Å². The number of carbonyl (C=O) groups is 2. The third kappa shape index (κ3) is 3.59. The van der Waals surface area contributed by atoms with E-state index >= 15 is 0 Å². The molecule has 2 heterocycles. The van der Waals surface area contributed by atoms with E-state index in [9.17, 15) is 14.0 Å². The minimum atomic E-state index is -0.268. The summed E-state index contributed by atoms with van der Waals surface area (Å²) < 4.78 is 19.1. The first-order valence-corrected chi connectivity index (χ1v) is 8.41. The summed E-state index contributed by atoms with van der Waals surface area (Å²) in [5, 5.41) is 0. The summed E-state index contributed by atoms with van der Waals surface area (Å²) in [6.45, 7) is 1.89. The normalized spacial score (nSPS) is 24.5. The fourth-order valence-corrected chi connectivity index (χ4v) is 3.53. The van der Waals surface area contributed by atoms with Gasteiger partial charge in [0.15, 0.2) is 0 Å². The summed E-state index contributed by atoms with van der Waals surface area (Å²) in [6.07, 6.45) is 1.51. The summed E-state index contributed by atoms with van der Waals surface area (Å²) in [5.41, 5.74) is 0.566. The smallest absolute Gasteiger partial charge is 0.248 e. The first kappa shape index (κ1) is 16.9. The van der Waals surface area contributed by atoms with Gasteiger partial charge in [-0.15, -0.1) is 0 Å². The van der Waals surface area contributed by atoms with Gasteiger partial charge < -0.3 is 14.5 Å². The molecule has 0 aliphatic carbocycles. The van der Waals surface area contributed by atoms with Crippen LogP contribution in [0, 0.1) is 11.7 Å². The minimum absolute atomic E-state index is 0.00570. The summed E-state index contributed by atoms with van der Waals surface area (Å²) in [7, 11) is 1.78. The van der Waals surface area contributed by atoms with Gasteiger partial charge in [-0.3, -0.25) is 9.59 Å². The van der Waals surface area contributed by atoms with Crippen molar-refractivity contribution in [2.45, 2.75) is 25.3 Å². The van der Waals surface area contributed by atoms with E-state index in [2.05, 4.69) is 0 Å². The van der Waals surface area contributed by atoms with Gasteiger partial charge in [0.1, 0.15) is 12.4 Å². The van der Waals surface area contributed by atoms with E-state index in [-0.39, 0.29) is 42.6 Å². The van der Waals surface area contributed by atoms with Crippen LogP contribution in [-0.4, -0.2) is 61.0 Å². The number of nitrogens with zero attached hydrogens (tertiary/aromatic N) is 2. The minimum Gasteiger partial charge on any atom is -0.371 e. The topological polar surface area (TPSA) is 49.9 Å². The molecule has 24 heavy (non-hydrogen) atoms. The molecule has 2 fully saturated rings. The Bertz CT molecular complexity index is 622. The molecule has 2 saturated heterocycles. The zero-order chi connectivity index (χ0) is 17.1. The maximum absolute atomic E-state index is 13.7. The van der Waals surface area contributed by atoms with Gasteiger partial charge in [-0.2, -0.15) is 0 Å². The molecule has 1 aromatic carbocycles. The number of fused-ring (bicyclic) bond motifs is 1. The third-order valence-corrected chi connectivity index (χ3v) is 5.09. The SMILES string of the molecule is CN1C(=O)COC[C@@H]2CCN(C(=O)CCc3ccccc3F)C[C@@H]21. The van der Waals surface area contributed by atoms with E-state index < -0.39 is 0 Å². The average Bonchev–Trinajstić information content (AvgIpc) is 2.73. The second-order valence-electron chi connectivity index (χ2n) is 6.57. The zero-order valence-electron chi connectivity index (χ0n) is 13.9. The van der Waals surface area contributed by atoms with Crippen LogP contribution in [0.1, 0.15) is 18.4 Å². The molecule has 5 nitrogen and oxygen atoms in total. The average molecular weight is 334 g/mol. The van der Waals surface area contributed by atoms with Crippen molar-refractivity contribution < 1.29 is 18.7 Å². The number of ether oxygens (including phenoxy) is 1. The Morgan fingerprint density at radius 1 is 1.38 bits per heavy atom. The lowest BCUT2D eigenvalue weighted by Crippen LogP contribution is -2.54. The van der Waals surface area contributed by atoms with Gasteiger partial charge in [-0.05, 0) is 24.5 Å². The fraction of sp³-hybridized carbons (Fsp3) is 0.556. The Labute approximate surface area is 141 Å². The van der Waals surface area contributed by atoms with Gasteiger partial charge in [0, 0.05) is 32.5 Å². The number of halogens is 1. The number of rotatable bonds is 3. The second kappa shape index (κ2) is 7.30. The van der Waals surface area contributed by atoms with Gasteiger partial charge in [0.2, 0.25) is 11.8 Å². The van der Waals surface area contributed by atoms with Crippen molar-refractivity contribution in [1.29, 1.82) is 0 Å². The van der Waals surface area contributed by atoms with E-state index in [1.54, 1.807) is 35.0 Å². The molecule has 0 aromatic heterocycles. The molecule has 6 heteroatoms. The molecular weight excluding hydrogens is 311 g/mol. The Hall–Kier alpha value is -1.95. The van der Waals surface area contributed by atoms with Gasteiger partial charge in [-0.1, -0.05) is 18.2 Å². The maximum atomic E-state index is 13.7. The molecule has 0 N–H and O–H groups in total. The summed E-state index contributed by atoms with van der Waals surface area (Å²) in [5.74, 6) is -0.0156. The summed E-state index contributed by atoms with van der Waals surface area (Å²) in [4.78, 5) is 28.0. The molecule has 0 spiro atoms. The molecule has 0 saturated carbocycles. The lowest BCUT2D eigenvalue weighted by Gasteiger charge is -2.41. The van der Waals surface area contributed by atoms with Crippen LogP contribution in [0.15, 0.2) is 24.3 Å². The van der Waals surface area contributed by atoms with Gasteiger partial charge in [-0.25, -0.2) is 4.39 Å². The van der Waals surface area contributed by atoms with E-state index in [4.69, 9.17) is 4.74 Å². The molecular formula is C18H23FN2O3. The highest BCUT2D eigenvalue weighted by Gasteiger charge is 2.37. The third-order valence-electron chi connectivity index (χ3n) is 5.09. The highest BCUT2D eigenvalue weighted by molar-refractivity contribution is 5.79. The predicted octanol–water partition coefficient (Wildman–Crippen LogP) is 1.46. The Kier molecular flexibility index (Phi) is 5.14. The number of hydrogen-bond donors (Lipinski definition) is 0. The van der Waals surface area contributed by atoms with Crippen molar-refractivity contribution in [2.75, 3.05) is 33.4 Å². The quantitative estimate of drug-likeness (QED) is 0.841. The molecule has 2 atom stereocenters. The number of likely N-dealkylation sites (N-methyl/N-ethyl adjacent to an activating group) is 1. The van der Waals surface area contributed by atoms with E-state index in [0.29, 0.717) is 31.7 Å². The molecule has 0 radical (unpaired) electrons. The van der Waals surface area contributed by atoms with Crippen molar-refractivity contribution in [2.24, 2.45) is 5.92 Å². The zero-order valence-corrected chi connectivity index (χ0v) is 13.9. The largest absolute Gasteiger partial charge is 0.371 e. The van der Waals surface area contributed by atoms with Crippen molar-refractivity contribution in [3.63, 3.8) is 0 Å². The van der Waals surface area contributed by atoms with Crippen LogP contribution in [0.2, 0.25) is 0 Å². The Morgan fingerprint density at radius 2 is 2.17 bits per heavy atom. The molecule has 1 aromatic rings. The summed E-state index contributed by atoms with van der Waals surface area (Å²) >= 11 is 0.